The predicted octanol–water partition coefficient (Wildman–Crippen LogP) is 0.708. The molecule has 0 saturated carbocycles. The first-order valence-electron chi connectivity index (χ1n) is 4.99. The number of aromatic nitrogens is 2. The fraction of sp³-hybridized carbons (Fsp3) is 0.556. The highest BCUT2D eigenvalue weighted by Crippen LogP contribution is 2.17. The molecule has 1 heterocycles. The fourth-order valence-corrected chi connectivity index (χ4v) is 1.81. The number of hydrogen-bond donors (Lipinski definition) is 2. The molecular weight excluding hydrogens is 264 g/mol. The Morgan fingerprint density at radius 3 is 2.35 bits per heavy atom. The van der Waals surface area contributed by atoms with Crippen molar-refractivity contribution in [3.63, 3.8) is 0 Å². The van der Waals surface area contributed by atoms with Gasteiger partial charge < -0.3 is 5.32 Å². The molecule has 0 fully saturated rings. The lowest BCUT2D eigenvalue weighted by atomic mass is 10.3. The van der Waals surface area contributed by atoms with Crippen molar-refractivity contribution in [3.8, 4) is 0 Å². The van der Waals surface area contributed by atoms with Crippen molar-refractivity contribution in [3.05, 3.63) is 16.5 Å². The molecule has 0 aliphatic rings. The SMILES string of the molecule is Cc1nc(Cl)c(NCCNS(C)(=O)=O)nc1C. The summed E-state index contributed by atoms with van der Waals surface area (Å²) >= 11 is 5.90. The monoisotopic (exact) mass is 278 g/mol. The van der Waals surface area contributed by atoms with Crippen LogP contribution in [0.3, 0.4) is 0 Å². The second kappa shape index (κ2) is 5.61. The highest BCUT2D eigenvalue weighted by molar-refractivity contribution is 7.88. The van der Waals surface area contributed by atoms with E-state index in [0.717, 1.165) is 17.6 Å². The Morgan fingerprint density at radius 1 is 1.18 bits per heavy atom. The number of halogens is 1. The van der Waals surface area contributed by atoms with Crippen LogP contribution < -0.4 is 10.0 Å². The minimum absolute atomic E-state index is 0.268. The van der Waals surface area contributed by atoms with Crippen molar-refractivity contribution in [1.82, 2.24) is 14.7 Å². The fourth-order valence-electron chi connectivity index (χ4n) is 1.11. The van der Waals surface area contributed by atoms with E-state index < -0.39 is 10.0 Å². The van der Waals surface area contributed by atoms with E-state index in [2.05, 4.69) is 20.0 Å². The number of anilines is 1. The first-order chi connectivity index (χ1) is 7.79. The molecule has 1 aromatic rings. The molecule has 17 heavy (non-hydrogen) atoms. The van der Waals surface area contributed by atoms with Crippen molar-refractivity contribution < 1.29 is 8.42 Å². The molecule has 0 aliphatic heterocycles. The Bertz CT molecular complexity index is 504. The average molecular weight is 279 g/mol. The number of nitrogens with one attached hydrogen (secondary N) is 2. The van der Waals surface area contributed by atoms with E-state index in [0.29, 0.717) is 12.4 Å². The average Bonchev–Trinajstić information content (AvgIpc) is 2.18. The van der Waals surface area contributed by atoms with E-state index in [1.54, 1.807) is 0 Å². The van der Waals surface area contributed by atoms with Gasteiger partial charge in [-0.15, -0.1) is 0 Å². The molecule has 2 N–H and O–H groups in total. The van der Waals surface area contributed by atoms with Gasteiger partial charge in [0.15, 0.2) is 11.0 Å². The summed E-state index contributed by atoms with van der Waals surface area (Å²) < 4.78 is 24.0. The molecule has 0 saturated heterocycles. The Morgan fingerprint density at radius 2 is 1.76 bits per heavy atom. The molecule has 0 aliphatic carbocycles. The molecule has 8 heteroatoms. The van der Waals surface area contributed by atoms with Crippen molar-refractivity contribution in [2.75, 3.05) is 24.7 Å². The second-order valence-corrected chi connectivity index (χ2v) is 5.82. The number of hydrogen-bond acceptors (Lipinski definition) is 5. The van der Waals surface area contributed by atoms with Crippen LogP contribution in [0.15, 0.2) is 0 Å². The summed E-state index contributed by atoms with van der Waals surface area (Å²) in [7, 11) is -3.16. The second-order valence-electron chi connectivity index (χ2n) is 3.63. The highest BCUT2D eigenvalue weighted by atomic mass is 35.5. The van der Waals surface area contributed by atoms with E-state index in [-0.39, 0.29) is 11.7 Å². The Balaban J connectivity index is 2.55. The minimum atomic E-state index is -3.16. The summed E-state index contributed by atoms with van der Waals surface area (Å²) in [5.41, 5.74) is 1.56. The van der Waals surface area contributed by atoms with Gasteiger partial charge in [-0.05, 0) is 13.8 Å². The zero-order chi connectivity index (χ0) is 13.1. The molecule has 0 atom stereocenters. The van der Waals surface area contributed by atoms with Crippen LogP contribution in [-0.4, -0.2) is 37.7 Å². The van der Waals surface area contributed by atoms with E-state index in [1.165, 1.54) is 0 Å². The summed E-state index contributed by atoms with van der Waals surface area (Å²) in [6, 6.07) is 0. The van der Waals surface area contributed by atoms with Crippen LogP contribution in [0.4, 0.5) is 5.82 Å². The van der Waals surface area contributed by atoms with E-state index in [4.69, 9.17) is 11.6 Å². The Labute approximate surface area is 106 Å². The lowest BCUT2D eigenvalue weighted by Crippen LogP contribution is -2.28. The third-order valence-electron chi connectivity index (χ3n) is 2.05. The van der Waals surface area contributed by atoms with Crippen LogP contribution in [0.5, 0.6) is 0 Å². The largest absolute Gasteiger partial charge is 0.366 e. The molecule has 0 spiro atoms. The van der Waals surface area contributed by atoms with Gasteiger partial charge >= 0.3 is 0 Å². The smallest absolute Gasteiger partial charge is 0.208 e. The lowest BCUT2D eigenvalue weighted by Gasteiger charge is -2.09. The molecule has 1 rings (SSSR count). The van der Waals surface area contributed by atoms with Crippen molar-refractivity contribution in [2.24, 2.45) is 0 Å². The summed E-state index contributed by atoms with van der Waals surface area (Å²) in [6.45, 7) is 4.32. The van der Waals surface area contributed by atoms with E-state index in [1.807, 2.05) is 13.8 Å². The number of sulfonamides is 1. The van der Waals surface area contributed by atoms with Gasteiger partial charge in [-0.25, -0.2) is 23.1 Å². The van der Waals surface area contributed by atoms with Crippen LogP contribution in [0, 0.1) is 13.8 Å². The molecular formula is C9H15ClN4O2S. The molecule has 0 radical (unpaired) electrons. The number of aryl methyl sites for hydroxylation is 2. The van der Waals surface area contributed by atoms with Crippen LogP contribution in [0.1, 0.15) is 11.4 Å². The predicted molar refractivity (Wildman–Crippen MR) is 67.9 cm³/mol. The summed E-state index contributed by atoms with van der Waals surface area (Å²) in [5, 5.41) is 3.21. The van der Waals surface area contributed by atoms with Crippen LogP contribution in [-0.2, 0) is 10.0 Å². The normalized spacial score (nSPS) is 11.5. The summed E-state index contributed by atoms with van der Waals surface area (Å²) in [6.07, 6.45) is 1.11. The van der Waals surface area contributed by atoms with Gasteiger partial charge in [0.2, 0.25) is 10.0 Å². The quantitative estimate of drug-likeness (QED) is 0.775. The molecule has 0 bridgehead atoms. The topological polar surface area (TPSA) is 84.0 Å². The lowest BCUT2D eigenvalue weighted by molar-refractivity contribution is 0.589. The molecule has 96 valence electrons. The van der Waals surface area contributed by atoms with Crippen molar-refractivity contribution >= 4 is 27.4 Å². The molecule has 0 amide bonds. The molecule has 0 unspecified atom stereocenters. The standard InChI is InChI=1S/C9H15ClN4O2S/c1-6-7(2)14-9(8(10)13-6)11-4-5-12-17(3,15)16/h12H,4-5H2,1-3H3,(H,11,14). The van der Waals surface area contributed by atoms with Gasteiger partial charge in [0.1, 0.15) is 0 Å². The maximum atomic E-state index is 10.8. The zero-order valence-electron chi connectivity index (χ0n) is 9.91. The summed E-state index contributed by atoms with van der Waals surface area (Å²) in [5.74, 6) is 0.463. The van der Waals surface area contributed by atoms with Crippen molar-refractivity contribution in [2.45, 2.75) is 13.8 Å². The zero-order valence-corrected chi connectivity index (χ0v) is 11.5. The van der Waals surface area contributed by atoms with Gasteiger partial charge in [0, 0.05) is 13.1 Å². The number of rotatable bonds is 5. The number of nitrogens with zero attached hydrogens (tertiary/aromatic N) is 2. The maximum Gasteiger partial charge on any atom is 0.208 e. The minimum Gasteiger partial charge on any atom is -0.366 e. The third-order valence-corrected chi connectivity index (χ3v) is 3.04. The van der Waals surface area contributed by atoms with Crippen LogP contribution >= 0.6 is 11.6 Å². The third kappa shape index (κ3) is 4.84. The van der Waals surface area contributed by atoms with Gasteiger partial charge in [-0.3, -0.25) is 0 Å². The Hall–Kier alpha value is -0.920. The van der Waals surface area contributed by atoms with Crippen molar-refractivity contribution in [1.29, 1.82) is 0 Å². The van der Waals surface area contributed by atoms with Crippen LogP contribution in [0.2, 0.25) is 5.15 Å². The summed E-state index contributed by atoms with van der Waals surface area (Å²) in [4.78, 5) is 8.33. The molecule has 6 nitrogen and oxygen atoms in total. The van der Waals surface area contributed by atoms with Gasteiger partial charge in [0.05, 0.1) is 17.6 Å². The maximum absolute atomic E-state index is 10.8. The van der Waals surface area contributed by atoms with Gasteiger partial charge in [0.25, 0.3) is 0 Å². The van der Waals surface area contributed by atoms with Crippen LogP contribution in [0.25, 0.3) is 0 Å². The van der Waals surface area contributed by atoms with Gasteiger partial charge in [-0.1, -0.05) is 11.6 Å². The van der Waals surface area contributed by atoms with Gasteiger partial charge in [-0.2, -0.15) is 0 Å². The molecule has 1 aromatic heterocycles. The molecule has 0 aromatic carbocycles. The van der Waals surface area contributed by atoms with E-state index >= 15 is 0 Å². The first kappa shape index (κ1) is 14.1. The first-order valence-corrected chi connectivity index (χ1v) is 7.26. The Kier molecular flexibility index (Phi) is 4.67. The van der Waals surface area contributed by atoms with E-state index in [9.17, 15) is 8.42 Å². The highest BCUT2D eigenvalue weighted by Gasteiger charge is 2.06.